The number of phenolic OH excluding ortho intramolecular Hbond substituents is 1. The van der Waals surface area contributed by atoms with E-state index in [1.54, 1.807) is 30.0 Å². The summed E-state index contributed by atoms with van der Waals surface area (Å²) in [5, 5.41) is 10.4. The van der Waals surface area contributed by atoms with Crippen molar-refractivity contribution >= 4 is 17.5 Å². The Labute approximate surface area is 191 Å². The van der Waals surface area contributed by atoms with Crippen molar-refractivity contribution in [1.29, 1.82) is 0 Å². The molecule has 33 heavy (non-hydrogen) atoms. The third-order valence-electron chi connectivity index (χ3n) is 5.85. The number of aromatic nitrogens is 1. The number of hydrogen-bond acceptors (Lipinski definition) is 6. The molecule has 1 aliphatic heterocycles. The van der Waals surface area contributed by atoms with Gasteiger partial charge < -0.3 is 20.6 Å². The summed E-state index contributed by atoms with van der Waals surface area (Å²) in [4.78, 5) is 33.9. The number of hydrogen-bond donors (Lipinski definition) is 2. The lowest BCUT2D eigenvalue weighted by atomic mass is 9.98. The van der Waals surface area contributed by atoms with E-state index in [1.807, 2.05) is 7.05 Å². The first-order valence-corrected chi connectivity index (χ1v) is 10.6. The molecule has 2 aromatic carbocycles. The number of pyridine rings is 1. The van der Waals surface area contributed by atoms with Crippen molar-refractivity contribution in [2.45, 2.75) is 6.92 Å². The van der Waals surface area contributed by atoms with E-state index in [-0.39, 0.29) is 39.7 Å². The van der Waals surface area contributed by atoms with Gasteiger partial charge in [-0.25, -0.2) is 9.37 Å². The molecule has 3 aromatic rings. The summed E-state index contributed by atoms with van der Waals surface area (Å²) in [6, 6.07) is 11.8. The van der Waals surface area contributed by atoms with E-state index >= 15 is 0 Å². The van der Waals surface area contributed by atoms with Crippen molar-refractivity contribution in [2.24, 2.45) is 0 Å². The third-order valence-corrected chi connectivity index (χ3v) is 5.85. The van der Waals surface area contributed by atoms with Gasteiger partial charge in [-0.15, -0.1) is 0 Å². The van der Waals surface area contributed by atoms with Gasteiger partial charge in [0.2, 0.25) is 0 Å². The molecule has 0 radical (unpaired) electrons. The number of nitrogen functional groups attached to an aromatic ring is 1. The maximum absolute atomic E-state index is 14.3. The Morgan fingerprint density at radius 2 is 1.70 bits per heavy atom. The average molecular weight is 448 g/mol. The Morgan fingerprint density at radius 3 is 2.36 bits per heavy atom. The van der Waals surface area contributed by atoms with Crippen molar-refractivity contribution in [3.63, 3.8) is 0 Å². The van der Waals surface area contributed by atoms with Crippen molar-refractivity contribution in [1.82, 2.24) is 14.8 Å². The van der Waals surface area contributed by atoms with Crippen molar-refractivity contribution in [2.75, 3.05) is 39.0 Å². The topological polar surface area (TPSA) is 99.8 Å². The molecule has 0 atom stereocenters. The van der Waals surface area contributed by atoms with Crippen LogP contribution in [0.3, 0.4) is 0 Å². The van der Waals surface area contributed by atoms with Gasteiger partial charge in [0.25, 0.3) is 5.91 Å². The maximum atomic E-state index is 14.3. The van der Waals surface area contributed by atoms with Crippen LogP contribution in [0.1, 0.15) is 31.8 Å². The smallest absolute Gasteiger partial charge is 0.257 e. The van der Waals surface area contributed by atoms with Crippen molar-refractivity contribution < 1.29 is 19.1 Å². The van der Waals surface area contributed by atoms with Gasteiger partial charge in [-0.05, 0) is 62.0 Å². The monoisotopic (exact) mass is 448 g/mol. The molecule has 3 N–H and O–H groups in total. The van der Waals surface area contributed by atoms with Gasteiger partial charge in [0.1, 0.15) is 17.4 Å². The predicted octanol–water partition coefficient (Wildman–Crippen LogP) is 3.10. The molecule has 1 saturated heterocycles. The highest BCUT2D eigenvalue weighted by Crippen LogP contribution is 2.31. The van der Waals surface area contributed by atoms with Crippen LogP contribution in [0, 0.1) is 12.7 Å². The van der Waals surface area contributed by atoms with E-state index in [0.29, 0.717) is 24.3 Å². The number of amides is 1. The first-order valence-electron chi connectivity index (χ1n) is 10.6. The minimum absolute atomic E-state index is 0.0390. The summed E-state index contributed by atoms with van der Waals surface area (Å²) >= 11 is 0. The van der Waals surface area contributed by atoms with Crippen LogP contribution < -0.4 is 5.73 Å². The SMILES string of the molecule is Cc1ccc(C(=O)c2ccc(O)c(-c3ccc(C(=O)N4CCN(C)CC4)c(N)n3)c2)c(F)c1. The number of nitrogens with zero attached hydrogens (tertiary/aromatic N) is 3. The molecule has 1 aliphatic rings. The van der Waals surface area contributed by atoms with Gasteiger partial charge in [-0.3, -0.25) is 9.59 Å². The molecular formula is C25H25FN4O3. The minimum Gasteiger partial charge on any atom is -0.507 e. The summed E-state index contributed by atoms with van der Waals surface area (Å²) in [5.74, 6) is -1.38. The number of likely N-dealkylation sites (N-methyl/N-ethyl adjacent to an activating group) is 1. The third kappa shape index (κ3) is 4.56. The molecule has 0 bridgehead atoms. The summed E-state index contributed by atoms with van der Waals surface area (Å²) < 4.78 is 14.3. The van der Waals surface area contributed by atoms with E-state index in [2.05, 4.69) is 9.88 Å². The van der Waals surface area contributed by atoms with Crippen LogP contribution in [-0.4, -0.2) is 64.8 Å². The van der Waals surface area contributed by atoms with Gasteiger partial charge >= 0.3 is 0 Å². The van der Waals surface area contributed by atoms with Crippen molar-refractivity contribution in [3.8, 4) is 17.0 Å². The number of halogens is 1. The fourth-order valence-corrected chi connectivity index (χ4v) is 3.83. The number of carbonyl (C=O) groups is 2. The Balaban J connectivity index is 1.63. The zero-order valence-corrected chi connectivity index (χ0v) is 18.5. The summed E-state index contributed by atoms with van der Waals surface area (Å²) in [7, 11) is 2.01. The van der Waals surface area contributed by atoms with Crippen LogP contribution in [0.2, 0.25) is 0 Å². The van der Waals surface area contributed by atoms with Gasteiger partial charge in [-0.1, -0.05) is 6.07 Å². The van der Waals surface area contributed by atoms with E-state index < -0.39 is 11.6 Å². The van der Waals surface area contributed by atoms with Crippen molar-refractivity contribution in [3.05, 3.63) is 76.6 Å². The Bertz CT molecular complexity index is 1240. The summed E-state index contributed by atoms with van der Waals surface area (Å²) in [6.45, 7) is 4.53. The number of ketones is 1. The summed E-state index contributed by atoms with van der Waals surface area (Å²) in [5.41, 5.74) is 7.81. The Hall–Kier alpha value is -3.78. The number of phenols is 1. The van der Waals surface area contributed by atoms with Gasteiger partial charge in [-0.2, -0.15) is 0 Å². The first kappa shape index (κ1) is 22.4. The summed E-state index contributed by atoms with van der Waals surface area (Å²) in [6.07, 6.45) is 0. The number of benzene rings is 2. The van der Waals surface area contributed by atoms with E-state index in [4.69, 9.17) is 5.73 Å². The fraction of sp³-hybridized carbons (Fsp3) is 0.240. The lowest BCUT2D eigenvalue weighted by Crippen LogP contribution is -2.47. The Kier molecular flexibility index (Phi) is 6.11. The molecule has 0 saturated carbocycles. The number of rotatable bonds is 4. The number of nitrogens with two attached hydrogens (primary N) is 1. The molecular weight excluding hydrogens is 423 g/mol. The highest BCUT2D eigenvalue weighted by atomic mass is 19.1. The molecule has 4 rings (SSSR count). The average Bonchev–Trinajstić information content (AvgIpc) is 2.79. The molecule has 0 aliphatic carbocycles. The molecule has 2 heterocycles. The fourth-order valence-electron chi connectivity index (χ4n) is 3.83. The van der Waals surface area contributed by atoms with Gasteiger partial charge in [0.15, 0.2) is 5.78 Å². The predicted molar refractivity (Wildman–Crippen MR) is 124 cm³/mol. The number of aromatic hydroxyl groups is 1. The van der Waals surface area contributed by atoms with Gasteiger partial charge in [0.05, 0.1) is 16.8 Å². The standard InChI is InChI=1S/C25H25FN4O3/c1-15-3-5-17(20(26)13-15)23(32)16-4-8-22(31)19(14-16)21-7-6-18(24(27)28-21)25(33)30-11-9-29(2)10-12-30/h3-8,13-14,31H,9-12H2,1-2H3,(H2,27,28). The zero-order valence-electron chi connectivity index (χ0n) is 18.5. The van der Waals surface area contributed by atoms with Crippen LogP contribution in [0.15, 0.2) is 48.5 Å². The molecule has 1 aromatic heterocycles. The normalized spacial score (nSPS) is 14.3. The number of piperazine rings is 1. The molecule has 7 nitrogen and oxygen atoms in total. The highest BCUT2D eigenvalue weighted by molar-refractivity contribution is 6.10. The first-order chi connectivity index (χ1) is 15.7. The molecule has 0 unspecified atom stereocenters. The molecule has 1 fully saturated rings. The largest absolute Gasteiger partial charge is 0.507 e. The highest BCUT2D eigenvalue weighted by Gasteiger charge is 2.23. The second-order valence-electron chi connectivity index (χ2n) is 8.27. The van der Waals surface area contributed by atoms with Crippen LogP contribution in [-0.2, 0) is 0 Å². The van der Waals surface area contributed by atoms with Crippen LogP contribution in [0.5, 0.6) is 5.75 Å². The second-order valence-corrected chi connectivity index (χ2v) is 8.27. The Morgan fingerprint density at radius 1 is 1.00 bits per heavy atom. The number of aryl methyl sites for hydroxylation is 1. The lowest BCUT2D eigenvalue weighted by molar-refractivity contribution is 0.0664. The molecule has 8 heteroatoms. The van der Waals surface area contributed by atoms with Crippen LogP contribution >= 0.6 is 0 Å². The second kappa shape index (κ2) is 8.99. The maximum Gasteiger partial charge on any atom is 0.257 e. The number of anilines is 1. The molecule has 170 valence electrons. The zero-order chi connectivity index (χ0) is 23.7. The van der Waals surface area contributed by atoms with E-state index in [1.165, 1.54) is 30.3 Å². The van der Waals surface area contributed by atoms with Gasteiger partial charge in [0, 0.05) is 37.3 Å². The minimum atomic E-state index is -0.608. The lowest BCUT2D eigenvalue weighted by Gasteiger charge is -2.32. The quantitative estimate of drug-likeness (QED) is 0.595. The molecule has 1 amide bonds. The number of carbonyl (C=O) groups excluding carboxylic acids is 2. The van der Waals surface area contributed by atoms with Crippen LogP contribution in [0.4, 0.5) is 10.2 Å². The molecule has 0 spiro atoms. The van der Waals surface area contributed by atoms with Crippen LogP contribution in [0.25, 0.3) is 11.3 Å². The van der Waals surface area contributed by atoms with E-state index in [9.17, 15) is 19.1 Å². The van der Waals surface area contributed by atoms with E-state index in [0.717, 1.165) is 13.1 Å².